The van der Waals surface area contributed by atoms with Gasteiger partial charge in [-0.2, -0.15) is 0 Å². The van der Waals surface area contributed by atoms with Crippen LogP contribution < -0.4 is 0 Å². The van der Waals surface area contributed by atoms with Gasteiger partial charge in [0.15, 0.2) is 0 Å². The second kappa shape index (κ2) is 3.85. The molecule has 2 aromatic rings. The third-order valence-electron chi connectivity index (χ3n) is 1.75. The van der Waals surface area contributed by atoms with Gasteiger partial charge in [0.1, 0.15) is 0 Å². The molecule has 0 saturated carbocycles. The Balaban J connectivity index is 2.75. The number of rotatable bonds is 1. The fourth-order valence-electron chi connectivity index (χ4n) is 1.16. The molecule has 4 heteroatoms. The Morgan fingerprint density at radius 3 is 2.85 bits per heavy atom. The van der Waals surface area contributed by atoms with E-state index in [2.05, 4.69) is 46.9 Å². The maximum Gasteiger partial charge on any atom is 0.0608 e. The second-order valence-electron chi connectivity index (χ2n) is 2.61. The normalized spacial score (nSPS) is 11.0. The topological polar surface area (TPSA) is 0 Å². The zero-order valence-electron chi connectivity index (χ0n) is 6.87. The molecule has 0 bridgehead atoms. The summed E-state index contributed by atoms with van der Waals surface area (Å²) >= 11 is 11.5. The van der Waals surface area contributed by atoms with E-state index in [4.69, 9.17) is 0 Å². The third-order valence-corrected chi connectivity index (χ3v) is 4.81. The Bertz CT molecular complexity index is 447. The van der Waals surface area contributed by atoms with Gasteiger partial charge in [0.25, 0.3) is 0 Å². The van der Waals surface area contributed by atoms with Crippen molar-refractivity contribution in [3.63, 3.8) is 0 Å². The first-order chi connectivity index (χ1) is 6.20. The van der Waals surface area contributed by atoms with Crippen molar-refractivity contribution in [1.82, 2.24) is 0 Å². The van der Waals surface area contributed by atoms with E-state index in [1.807, 2.05) is 17.4 Å². The van der Waals surface area contributed by atoms with E-state index in [0.717, 1.165) is 9.37 Å². The van der Waals surface area contributed by atoms with Crippen LogP contribution in [0.2, 0.25) is 0 Å². The van der Waals surface area contributed by atoms with Crippen molar-refractivity contribution in [2.24, 2.45) is 0 Å². The molecule has 0 fully saturated rings. The highest BCUT2D eigenvalue weighted by molar-refractivity contribution is 9.10. The average Bonchev–Trinajstić information content (AvgIpc) is 2.47. The van der Waals surface area contributed by atoms with Gasteiger partial charge in [-0.1, -0.05) is 15.9 Å². The van der Waals surface area contributed by atoms with Gasteiger partial charge >= 0.3 is 0 Å². The predicted molar refractivity (Wildman–Crippen MR) is 68.6 cm³/mol. The van der Waals surface area contributed by atoms with Crippen LogP contribution in [0.3, 0.4) is 0 Å². The van der Waals surface area contributed by atoms with Crippen LogP contribution in [0.1, 0.15) is 0 Å². The minimum Gasteiger partial charge on any atom is -0.143 e. The minimum atomic E-state index is 1.01. The molecule has 13 heavy (non-hydrogen) atoms. The summed E-state index contributed by atoms with van der Waals surface area (Å²) in [5.41, 5.74) is 0. The maximum absolute atomic E-state index is 4.34. The smallest absolute Gasteiger partial charge is 0.0608 e. The van der Waals surface area contributed by atoms with Crippen LogP contribution >= 0.6 is 51.7 Å². The summed E-state index contributed by atoms with van der Waals surface area (Å²) in [6.07, 6.45) is 2.10. The number of hydrogen-bond donors (Lipinski definition) is 1. The Labute approximate surface area is 99.3 Å². The van der Waals surface area contributed by atoms with Crippen molar-refractivity contribution in [2.45, 2.75) is 9.10 Å². The maximum atomic E-state index is 4.34. The summed E-state index contributed by atoms with van der Waals surface area (Å²) in [5.74, 6) is 0. The van der Waals surface area contributed by atoms with Crippen molar-refractivity contribution < 1.29 is 0 Å². The average molecular weight is 291 g/mol. The van der Waals surface area contributed by atoms with Crippen molar-refractivity contribution in [1.29, 1.82) is 0 Å². The lowest BCUT2D eigenvalue weighted by molar-refractivity contribution is 1.52. The fraction of sp³-hybridized carbons (Fsp3) is 0.111. The molecule has 0 unspecified atom stereocenters. The van der Waals surface area contributed by atoms with E-state index in [1.54, 1.807) is 11.8 Å². The molecule has 0 aliphatic heterocycles. The van der Waals surface area contributed by atoms with Crippen LogP contribution in [0, 0.1) is 0 Å². The highest BCUT2D eigenvalue weighted by Crippen LogP contribution is 2.37. The standard InChI is InChI=1S/C9H7BrS3/c1-12-9-4-6-7(10)2-5(11)3-8(6)13-9/h2-4,11H,1H3. The van der Waals surface area contributed by atoms with Crippen molar-refractivity contribution in [3.8, 4) is 0 Å². The summed E-state index contributed by atoms with van der Waals surface area (Å²) in [4.78, 5) is 1.01. The molecule has 0 aliphatic rings. The molecule has 0 radical (unpaired) electrons. The summed E-state index contributed by atoms with van der Waals surface area (Å²) in [6.45, 7) is 0. The first kappa shape index (κ1) is 9.90. The quantitative estimate of drug-likeness (QED) is 0.588. The molecule has 0 spiro atoms. The molecule has 1 heterocycles. The lowest BCUT2D eigenvalue weighted by Gasteiger charge is -1.94. The number of thiophene rings is 1. The van der Waals surface area contributed by atoms with Crippen LogP contribution in [0.5, 0.6) is 0 Å². The van der Waals surface area contributed by atoms with E-state index < -0.39 is 0 Å². The van der Waals surface area contributed by atoms with Gasteiger partial charge in [0.2, 0.25) is 0 Å². The van der Waals surface area contributed by atoms with Gasteiger partial charge in [-0.05, 0) is 24.5 Å². The molecule has 0 saturated heterocycles. The lowest BCUT2D eigenvalue weighted by atomic mass is 10.3. The largest absolute Gasteiger partial charge is 0.143 e. The van der Waals surface area contributed by atoms with Gasteiger partial charge in [0.05, 0.1) is 4.21 Å². The fourth-order valence-corrected chi connectivity index (χ4v) is 4.08. The molecule has 0 atom stereocenters. The van der Waals surface area contributed by atoms with Crippen molar-refractivity contribution in [2.75, 3.05) is 6.26 Å². The molecule has 1 aromatic heterocycles. The van der Waals surface area contributed by atoms with Crippen molar-refractivity contribution >= 4 is 61.7 Å². The first-order valence-corrected chi connectivity index (χ1v) is 6.95. The van der Waals surface area contributed by atoms with Gasteiger partial charge in [-0.15, -0.1) is 35.7 Å². The van der Waals surface area contributed by atoms with Crippen LogP contribution in [-0.4, -0.2) is 6.26 Å². The van der Waals surface area contributed by atoms with Gasteiger partial charge < -0.3 is 0 Å². The summed E-state index contributed by atoms with van der Waals surface area (Å²) in [6, 6.07) is 6.35. The monoisotopic (exact) mass is 290 g/mol. The van der Waals surface area contributed by atoms with Gasteiger partial charge in [-0.3, -0.25) is 0 Å². The molecular weight excluding hydrogens is 284 g/mol. The second-order valence-corrected chi connectivity index (χ2v) is 6.17. The van der Waals surface area contributed by atoms with Crippen LogP contribution in [-0.2, 0) is 0 Å². The van der Waals surface area contributed by atoms with E-state index in [1.165, 1.54) is 14.3 Å². The number of hydrogen-bond acceptors (Lipinski definition) is 3. The molecule has 0 N–H and O–H groups in total. The van der Waals surface area contributed by atoms with E-state index in [0.29, 0.717) is 0 Å². The molecule has 0 amide bonds. The number of thiol groups is 1. The summed E-state index contributed by atoms with van der Waals surface area (Å²) in [5, 5.41) is 1.28. The van der Waals surface area contributed by atoms with Gasteiger partial charge in [0, 0.05) is 19.5 Å². The third kappa shape index (κ3) is 1.91. The lowest BCUT2D eigenvalue weighted by Crippen LogP contribution is -1.68. The molecule has 0 nitrogen and oxygen atoms in total. The molecule has 0 aliphatic carbocycles. The SMILES string of the molecule is CSc1cc2c(Br)cc(S)cc2s1. The highest BCUT2D eigenvalue weighted by atomic mass is 79.9. The predicted octanol–water partition coefficient (Wildman–Crippen LogP) is 4.67. The van der Waals surface area contributed by atoms with E-state index >= 15 is 0 Å². The number of thioether (sulfide) groups is 1. The Morgan fingerprint density at radius 2 is 2.15 bits per heavy atom. The summed E-state index contributed by atoms with van der Waals surface area (Å²) < 4.78 is 3.77. The number of benzene rings is 1. The van der Waals surface area contributed by atoms with Crippen LogP contribution in [0.4, 0.5) is 0 Å². The molecular formula is C9H7BrS3. The number of halogens is 1. The van der Waals surface area contributed by atoms with Crippen LogP contribution in [0.25, 0.3) is 10.1 Å². The highest BCUT2D eigenvalue weighted by Gasteiger charge is 2.04. The Hall–Kier alpha value is 0.360. The zero-order valence-corrected chi connectivity index (χ0v) is 11.0. The van der Waals surface area contributed by atoms with Crippen molar-refractivity contribution in [3.05, 3.63) is 22.7 Å². The first-order valence-electron chi connectivity index (χ1n) is 3.67. The van der Waals surface area contributed by atoms with E-state index in [-0.39, 0.29) is 0 Å². The molecule has 68 valence electrons. The molecule has 1 aromatic carbocycles. The molecule has 2 rings (SSSR count). The van der Waals surface area contributed by atoms with Crippen LogP contribution in [0.15, 0.2) is 31.8 Å². The number of fused-ring (bicyclic) bond motifs is 1. The summed E-state index contributed by atoms with van der Waals surface area (Å²) in [7, 11) is 0. The Morgan fingerprint density at radius 1 is 1.38 bits per heavy atom. The minimum absolute atomic E-state index is 1.01. The van der Waals surface area contributed by atoms with Gasteiger partial charge in [-0.25, -0.2) is 0 Å². The zero-order chi connectivity index (χ0) is 9.42. The Kier molecular flexibility index (Phi) is 2.93. The van der Waals surface area contributed by atoms with E-state index in [9.17, 15) is 0 Å².